The maximum Gasteiger partial charge on any atom is 0.0946 e. The van der Waals surface area contributed by atoms with Crippen LogP contribution in [0.4, 0.5) is 0 Å². The number of rotatable bonds is 4. The van der Waals surface area contributed by atoms with Crippen LogP contribution in [0.15, 0.2) is 49.2 Å². The Morgan fingerprint density at radius 1 is 1.20 bits per heavy atom. The standard InChI is InChI=1S/C16H18N4/c1-3-19-16(15-10-18-11-20(15)2)14-6-4-5-12-9-17-8-7-13(12)14/h4-11,16,19H,3H2,1-2H3. The van der Waals surface area contributed by atoms with Gasteiger partial charge in [0.25, 0.3) is 0 Å². The fourth-order valence-corrected chi connectivity index (χ4v) is 2.62. The Morgan fingerprint density at radius 3 is 2.85 bits per heavy atom. The summed E-state index contributed by atoms with van der Waals surface area (Å²) in [5.41, 5.74) is 2.42. The average molecular weight is 266 g/mol. The summed E-state index contributed by atoms with van der Waals surface area (Å²) in [6.07, 6.45) is 7.52. The first-order valence-electron chi connectivity index (χ1n) is 6.83. The van der Waals surface area contributed by atoms with Crippen molar-refractivity contribution in [2.24, 2.45) is 7.05 Å². The molecule has 102 valence electrons. The summed E-state index contributed by atoms with van der Waals surface area (Å²) in [6, 6.07) is 8.56. The first kappa shape index (κ1) is 12.8. The molecule has 2 heterocycles. The van der Waals surface area contributed by atoms with Crippen LogP contribution in [0.1, 0.15) is 24.2 Å². The van der Waals surface area contributed by atoms with Crippen LogP contribution in [-0.2, 0) is 7.05 Å². The van der Waals surface area contributed by atoms with Gasteiger partial charge < -0.3 is 9.88 Å². The predicted octanol–water partition coefficient (Wildman–Crippen LogP) is 2.67. The molecule has 0 spiro atoms. The molecular formula is C16H18N4. The highest BCUT2D eigenvalue weighted by Crippen LogP contribution is 2.28. The molecule has 1 atom stereocenters. The number of imidazole rings is 1. The lowest BCUT2D eigenvalue weighted by molar-refractivity contribution is 0.597. The van der Waals surface area contributed by atoms with Gasteiger partial charge >= 0.3 is 0 Å². The molecule has 1 N–H and O–H groups in total. The van der Waals surface area contributed by atoms with E-state index in [2.05, 4.69) is 51.0 Å². The van der Waals surface area contributed by atoms with Crippen LogP contribution in [0.25, 0.3) is 10.8 Å². The molecule has 3 rings (SSSR count). The van der Waals surface area contributed by atoms with Gasteiger partial charge in [-0.15, -0.1) is 0 Å². The Balaban J connectivity index is 2.17. The van der Waals surface area contributed by atoms with Crippen molar-refractivity contribution in [2.75, 3.05) is 6.54 Å². The average Bonchev–Trinajstić information content (AvgIpc) is 2.90. The van der Waals surface area contributed by atoms with E-state index >= 15 is 0 Å². The molecule has 0 fully saturated rings. The van der Waals surface area contributed by atoms with Gasteiger partial charge in [0.15, 0.2) is 0 Å². The van der Waals surface area contributed by atoms with Crippen molar-refractivity contribution in [2.45, 2.75) is 13.0 Å². The van der Waals surface area contributed by atoms with Crippen molar-refractivity contribution in [3.8, 4) is 0 Å². The number of hydrogen-bond donors (Lipinski definition) is 1. The van der Waals surface area contributed by atoms with E-state index in [1.54, 1.807) is 0 Å². The molecule has 3 aromatic rings. The molecule has 20 heavy (non-hydrogen) atoms. The van der Waals surface area contributed by atoms with E-state index in [4.69, 9.17) is 0 Å². The fourth-order valence-electron chi connectivity index (χ4n) is 2.62. The molecule has 2 aromatic heterocycles. The van der Waals surface area contributed by atoms with Crippen LogP contribution in [-0.4, -0.2) is 21.1 Å². The van der Waals surface area contributed by atoms with E-state index in [9.17, 15) is 0 Å². The topological polar surface area (TPSA) is 42.7 Å². The molecule has 0 saturated heterocycles. The molecule has 0 aliphatic rings. The molecule has 4 nitrogen and oxygen atoms in total. The zero-order chi connectivity index (χ0) is 13.9. The van der Waals surface area contributed by atoms with Gasteiger partial charge in [-0.25, -0.2) is 4.98 Å². The Kier molecular flexibility index (Phi) is 3.48. The summed E-state index contributed by atoms with van der Waals surface area (Å²) < 4.78 is 2.06. The van der Waals surface area contributed by atoms with Crippen molar-refractivity contribution in [3.63, 3.8) is 0 Å². The van der Waals surface area contributed by atoms with Gasteiger partial charge in [0.05, 0.1) is 24.3 Å². The number of aromatic nitrogens is 3. The Labute approximate surface area is 118 Å². The van der Waals surface area contributed by atoms with Crippen molar-refractivity contribution >= 4 is 10.8 Å². The zero-order valence-corrected chi connectivity index (χ0v) is 11.7. The molecule has 0 amide bonds. The molecule has 4 heteroatoms. The number of nitrogens with zero attached hydrogens (tertiary/aromatic N) is 3. The van der Waals surface area contributed by atoms with Gasteiger partial charge in [-0.3, -0.25) is 4.98 Å². The largest absolute Gasteiger partial charge is 0.336 e. The second-order valence-corrected chi connectivity index (χ2v) is 4.86. The van der Waals surface area contributed by atoms with Gasteiger partial charge in [0.1, 0.15) is 0 Å². The SMILES string of the molecule is CCNC(c1cccc2cnccc12)c1cncn1C. The van der Waals surface area contributed by atoms with E-state index in [0.29, 0.717) is 0 Å². The summed E-state index contributed by atoms with van der Waals surface area (Å²) in [5.74, 6) is 0. The minimum atomic E-state index is 0.138. The van der Waals surface area contributed by atoms with Crippen LogP contribution >= 0.6 is 0 Å². The summed E-state index contributed by atoms with van der Waals surface area (Å²) in [6.45, 7) is 3.02. The third-order valence-corrected chi connectivity index (χ3v) is 3.58. The third kappa shape index (κ3) is 2.18. The predicted molar refractivity (Wildman–Crippen MR) is 80.5 cm³/mol. The first-order chi connectivity index (χ1) is 9.81. The van der Waals surface area contributed by atoms with Gasteiger partial charge in [-0.2, -0.15) is 0 Å². The number of fused-ring (bicyclic) bond motifs is 1. The molecule has 0 aliphatic heterocycles. The normalized spacial score (nSPS) is 12.7. The second kappa shape index (κ2) is 5.43. The number of pyridine rings is 1. The fraction of sp³-hybridized carbons (Fsp3) is 0.250. The minimum absolute atomic E-state index is 0.138. The third-order valence-electron chi connectivity index (χ3n) is 3.58. The van der Waals surface area contributed by atoms with Crippen molar-refractivity contribution in [3.05, 3.63) is 60.4 Å². The Hall–Kier alpha value is -2.20. The van der Waals surface area contributed by atoms with Crippen LogP contribution in [0.5, 0.6) is 0 Å². The van der Waals surface area contributed by atoms with Gasteiger partial charge in [-0.1, -0.05) is 25.1 Å². The quantitative estimate of drug-likeness (QED) is 0.789. The Morgan fingerprint density at radius 2 is 2.10 bits per heavy atom. The number of nitrogens with one attached hydrogen (secondary N) is 1. The molecular weight excluding hydrogens is 248 g/mol. The molecule has 0 saturated carbocycles. The number of hydrogen-bond acceptors (Lipinski definition) is 3. The molecule has 1 aromatic carbocycles. The van der Waals surface area contributed by atoms with Crippen molar-refractivity contribution in [1.82, 2.24) is 19.9 Å². The minimum Gasteiger partial charge on any atom is -0.336 e. The molecule has 0 aliphatic carbocycles. The van der Waals surface area contributed by atoms with Crippen LogP contribution < -0.4 is 5.32 Å². The summed E-state index contributed by atoms with van der Waals surface area (Å²) in [7, 11) is 2.03. The monoisotopic (exact) mass is 266 g/mol. The highest BCUT2D eigenvalue weighted by atomic mass is 15.1. The number of benzene rings is 1. The second-order valence-electron chi connectivity index (χ2n) is 4.86. The van der Waals surface area contributed by atoms with E-state index < -0.39 is 0 Å². The highest BCUT2D eigenvalue weighted by Gasteiger charge is 2.18. The van der Waals surface area contributed by atoms with Gasteiger partial charge in [-0.05, 0) is 23.6 Å². The highest BCUT2D eigenvalue weighted by molar-refractivity contribution is 5.85. The van der Waals surface area contributed by atoms with E-state index in [1.165, 1.54) is 10.9 Å². The van der Waals surface area contributed by atoms with E-state index in [-0.39, 0.29) is 6.04 Å². The molecule has 0 bridgehead atoms. The van der Waals surface area contributed by atoms with Crippen molar-refractivity contribution < 1.29 is 0 Å². The zero-order valence-electron chi connectivity index (χ0n) is 11.7. The lowest BCUT2D eigenvalue weighted by atomic mass is 9.98. The first-order valence-corrected chi connectivity index (χ1v) is 6.83. The lowest BCUT2D eigenvalue weighted by Crippen LogP contribution is -2.24. The maximum absolute atomic E-state index is 4.24. The van der Waals surface area contributed by atoms with Crippen LogP contribution in [0, 0.1) is 0 Å². The van der Waals surface area contributed by atoms with Crippen LogP contribution in [0.2, 0.25) is 0 Å². The van der Waals surface area contributed by atoms with Gasteiger partial charge in [0.2, 0.25) is 0 Å². The number of aryl methyl sites for hydroxylation is 1. The smallest absolute Gasteiger partial charge is 0.0946 e. The molecule has 1 unspecified atom stereocenters. The maximum atomic E-state index is 4.24. The lowest BCUT2D eigenvalue weighted by Gasteiger charge is -2.20. The summed E-state index contributed by atoms with van der Waals surface area (Å²) >= 11 is 0. The summed E-state index contributed by atoms with van der Waals surface area (Å²) in [4.78, 5) is 8.44. The van der Waals surface area contributed by atoms with Gasteiger partial charge in [0, 0.05) is 24.8 Å². The van der Waals surface area contributed by atoms with E-state index in [1.807, 2.05) is 32.0 Å². The van der Waals surface area contributed by atoms with Crippen molar-refractivity contribution in [1.29, 1.82) is 0 Å². The Bertz CT molecular complexity index is 712. The molecule has 0 radical (unpaired) electrons. The van der Waals surface area contributed by atoms with E-state index in [0.717, 1.165) is 17.6 Å². The van der Waals surface area contributed by atoms with Crippen LogP contribution in [0.3, 0.4) is 0 Å². The summed E-state index contributed by atoms with van der Waals surface area (Å²) in [5, 5.41) is 5.95.